The van der Waals surface area contributed by atoms with E-state index in [-0.39, 0.29) is 34.0 Å². The van der Waals surface area contributed by atoms with E-state index in [1.165, 1.54) is 5.69 Å². The monoisotopic (exact) mass is 665 g/mol. The summed E-state index contributed by atoms with van der Waals surface area (Å²) < 4.78 is 4.38. The van der Waals surface area contributed by atoms with Crippen LogP contribution in [0, 0.1) is 0 Å². The molecule has 2 aromatic carbocycles. The van der Waals surface area contributed by atoms with E-state index in [1.54, 1.807) is 0 Å². The second kappa shape index (κ2) is 17.3. The Balaban J connectivity index is 0.00000280. The van der Waals surface area contributed by atoms with Gasteiger partial charge in [0.15, 0.2) is 37.9 Å². The summed E-state index contributed by atoms with van der Waals surface area (Å²) >= 11 is 0. The summed E-state index contributed by atoms with van der Waals surface area (Å²) in [5.74, 6) is 0. The summed E-state index contributed by atoms with van der Waals surface area (Å²) in [6.45, 7) is 8.20. The standard InChI is InChI=1S/C31H37N7.2BrH/c1-4-38(5-2)31-14-12-28(13-15-31)33-34-29-18-24-37(25-19-29)21-9-20-36-22-16-27(17-23-36)26-32-35(3)30-10-7-6-8-11-30;;/h6-8,10-19,22-26H,4-5,9,20-21H2,1-3H3;2*1H/q+2;;/p-2. The van der Waals surface area contributed by atoms with Crippen LogP contribution >= 0.6 is 0 Å². The van der Waals surface area contributed by atoms with E-state index in [1.807, 2.05) is 72.9 Å². The molecule has 7 nitrogen and oxygen atoms in total. The lowest BCUT2D eigenvalue weighted by molar-refractivity contribution is -0.726. The highest BCUT2D eigenvalue weighted by atomic mass is 79.9. The van der Waals surface area contributed by atoms with Crippen LogP contribution in [0.2, 0.25) is 0 Å². The topological polar surface area (TPSA) is 51.3 Å². The summed E-state index contributed by atoms with van der Waals surface area (Å²) in [7, 11) is 1.95. The van der Waals surface area contributed by atoms with E-state index in [9.17, 15) is 0 Å². The SMILES string of the molecule is CCN(CC)c1ccc(N=Nc2cc[n+](CCC[n+]3ccc(/C=N\N(C)c4ccccc4)cc3)cc2)cc1.[Br-].[Br-]. The van der Waals surface area contributed by atoms with Crippen LogP contribution in [0.4, 0.5) is 22.7 Å². The van der Waals surface area contributed by atoms with Crippen LogP contribution in [0.25, 0.3) is 0 Å². The zero-order chi connectivity index (χ0) is 26.6. The van der Waals surface area contributed by atoms with Gasteiger partial charge in [0, 0.05) is 55.7 Å². The minimum absolute atomic E-state index is 0. The predicted octanol–water partition coefficient (Wildman–Crippen LogP) is 0.0918. The van der Waals surface area contributed by atoms with Gasteiger partial charge in [0.1, 0.15) is 0 Å². The molecule has 4 aromatic rings. The van der Waals surface area contributed by atoms with Gasteiger partial charge in [-0.3, -0.25) is 5.01 Å². The highest BCUT2D eigenvalue weighted by Gasteiger charge is 2.06. The molecular formula is C31H37Br2N7. The van der Waals surface area contributed by atoms with Gasteiger partial charge >= 0.3 is 0 Å². The van der Waals surface area contributed by atoms with Crippen LogP contribution in [0.15, 0.2) is 119 Å². The van der Waals surface area contributed by atoms with Gasteiger partial charge in [0.2, 0.25) is 0 Å². The number of hydrogen-bond donors (Lipinski definition) is 0. The first kappa shape index (κ1) is 32.8. The number of aryl methyl sites for hydroxylation is 2. The Labute approximate surface area is 259 Å². The second-order valence-electron chi connectivity index (χ2n) is 9.01. The summed E-state index contributed by atoms with van der Waals surface area (Å²) in [4.78, 5) is 2.31. The molecule has 0 saturated carbocycles. The summed E-state index contributed by atoms with van der Waals surface area (Å²) in [6.07, 6.45) is 11.2. The molecule has 0 aliphatic heterocycles. The molecule has 0 amide bonds. The number of aromatic nitrogens is 2. The van der Waals surface area contributed by atoms with Crippen molar-refractivity contribution in [3.63, 3.8) is 0 Å². The molecule has 0 spiro atoms. The molecule has 2 heterocycles. The zero-order valence-electron chi connectivity index (χ0n) is 23.3. The quantitative estimate of drug-likeness (QED) is 0.0933. The molecule has 0 aliphatic carbocycles. The largest absolute Gasteiger partial charge is 1.00 e. The normalized spacial score (nSPS) is 10.8. The number of para-hydroxylation sites is 1. The minimum atomic E-state index is 0. The average molecular weight is 667 g/mol. The predicted molar refractivity (Wildman–Crippen MR) is 155 cm³/mol. The molecule has 0 N–H and O–H groups in total. The van der Waals surface area contributed by atoms with Crippen molar-refractivity contribution in [1.82, 2.24) is 0 Å². The third-order valence-corrected chi connectivity index (χ3v) is 6.39. The van der Waals surface area contributed by atoms with Gasteiger partial charge in [0.25, 0.3) is 0 Å². The second-order valence-corrected chi connectivity index (χ2v) is 9.01. The van der Waals surface area contributed by atoms with Crippen molar-refractivity contribution < 1.29 is 43.1 Å². The van der Waals surface area contributed by atoms with Crippen molar-refractivity contribution in [3.8, 4) is 0 Å². The molecule has 0 fully saturated rings. The molecule has 0 radical (unpaired) electrons. The molecule has 0 aliphatic rings. The number of hydrazone groups is 1. The first-order valence-corrected chi connectivity index (χ1v) is 13.2. The zero-order valence-corrected chi connectivity index (χ0v) is 26.5. The summed E-state index contributed by atoms with van der Waals surface area (Å²) in [5.41, 5.74) is 5.05. The van der Waals surface area contributed by atoms with Crippen molar-refractivity contribution in [3.05, 3.63) is 109 Å². The van der Waals surface area contributed by atoms with Gasteiger partial charge in [0.05, 0.1) is 29.7 Å². The molecule has 0 atom stereocenters. The summed E-state index contributed by atoms with van der Waals surface area (Å²) in [5, 5.41) is 15.2. The van der Waals surface area contributed by atoms with E-state index >= 15 is 0 Å². The van der Waals surface area contributed by atoms with Crippen molar-refractivity contribution in [2.45, 2.75) is 33.4 Å². The van der Waals surface area contributed by atoms with E-state index < -0.39 is 0 Å². The lowest BCUT2D eigenvalue weighted by Gasteiger charge is -2.20. The first-order valence-electron chi connectivity index (χ1n) is 13.2. The van der Waals surface area contributed by atoms with Crippen molar-refractivity contribution >= 4 is 29.0 Å². The third kappa shape index (κ3) is 9.95. The number of hydrogen-bond acceptors (Lipinski definition) is 5. The fourth-order valence-corrected chi connectivity index (χ4v) is 4.10. The number of pyridine rings is 2. The molecule has 0 saturated heterocycles. The van der Waals surface area contributed by atoms with Crippen molar-refractivity contribution in [1.29, 1.82) is 0 Å². The Morgan fingerprint density at radius 2 is 1.18 bits per heavy atom. The molecule has 0 unspecified atom stereocenters. The van der Waals surface area contributed by atoms with Crippen LogP contribution in [0.1, 0.15) is 25.8 Å². The van der Waals surface area contributed by atoms with Crippen LogP contribution in [0.3, 0.4) is 0 Å². The Morgan fingerprint density at radius 1 is 0.650 bits per heavy atom. The van der Waals surface area contributed by atoms with E-state index in [4.69, 9.17) is 0 Å². The number of anilines is 2. The van der Waals surface area contributed by atoms with E-state index in [0.29, 0.717) is 0 Å². The number of benzene rings is 2. The fraction of sp³-hybridized carbons (Fsp3) is 0.258. The molecular weight excluding hydrogens is 630 g/mol. The minimum Gasteiger partial charge on any atom is -1.00 e. The maximum absolute atomic E-state index is 4.53. The third-order valence-electron chi connectivity index (χ3n) is 6.39. The maximum atomic E-state index is 4.53. The highest BCUT2D eigenvalue weighted by Crippen LogP contribution is 2.21. The molecule has 4 rings (SSSR count). The van der Waals surface area contributed by atoms with Gasteiger partial charge in [-0.15, -0.1) is 0 Å². The molecule has 40 heavy (non-hydrogen) atoms. The van der Waals surface area contributed by atoms with Gasteiger partial charge in [-0.25, -0.2) is 9.13 Å². The van der Waals surface area contributed by atoms with Crippen LogP contribution < -0.4 is 53.0 Å². The van der Waals surface area contributed by atoms with Crippen molar-refractivity contribution in [2.24, 2.45) is 15.3 Å². The van der Waals surface area contributed by atoms with Gasteiger partial charge in [-0.1, -0.05) is 18.2 Å². The number of azo groups is 1. The Kier molecular flexibility index (Phi) is 14.2. The van der Waals surface area contributed by atoms with Gasteiger partial charge in [-0.05, 0) is 50.2 Å². The smallest absolute Gasteiger partial charge is 0.171 e. The Morgan fingerprint density at radius 3 is 1.73 bits per heavy atom. The fourth-order valence-electron chi connectivity index (χ4n) is 4.10. The lowest BCUT2D eigenvalue weighted by atomic mass is 10.2. The number of nitrogens with zero attached hydrogens (tertiary/aromatic N) is 7. The van der Waals surface area contributed by atoms with Crippen molar-refractivity contribution in [2.75, 3.05) is 30.0 Å². The molecule has 9 heteroatoms. The summed E-state index contributed by atoms with van der Waals surface area (Å²) in [6, 6.07) is 26.5. The molecule has 0 bridgehead atoms. The van der Waals surface area contributed by atoms with Gasteiger partial charge in [-0.2, -0.15) is 15.3 Å². The highest BCUT2D eigenvalue weighted by molar-refractivity contribution is 5.79. The van der Waals surface area contributed by atoms with Crippen LogP contribution in [-0.2, 0) is 13.1 Å². The lowest BCUT2D eigenvalue weighted by Crippen LogP contribution is -3.00. The Bertz CT molecular complexity index is 1310. The number of halogens is 2. The van der Waals surface area contributed by atoms with Crippen LogP contribution in [0.5, 0.6) is 0 Å². The Hall–Kier alpha value is -3.43. The maximum Gasteiger partial charge on any atom is 0.171 e. The average Bonchev–Trinajstić information content (AvgIpc) is 2.98. The van der Waals surface area contributed by atoms with Gasteiger partial charge < -0.3 is 38.9 Å². The van der Waals surface area contributed by atoms with E-state index in [2.05, 4.69) is 92.3 Å². The molecule has 210 valence electrons. The number of rotatable bonds is 12. The first-order chi connectivity index (χ1) is 18.6. The van der Waals surface area contributed by atoms with E-state index in [0.717, 1.165) is 55.2 Å². The van der Waals surface area contributed by atoms with Crippen LogP contribution in [-0.4, -0.2) is 26.4 Å². The molecule has 2 aromatic heterocycles.